The lowest BCUT2D eigenvalue weighted by Crippen LogP contribution is -2.17. The van der Waals surface area contributed by atoms with E-state index in [1.807, 2.05) is 19.1 Å². The Hall–Kier alpha value is -0.850. The van der Waals surface area contributed by atoms with Crippen LogP contribution in [0.2, 0.25) is 0 Å². The zero-order valence-corrected chi connectivity index (χ0v) is 8.92. The van der Waals surface area contributed by atoms with Gasteiger partial charge in [-0.15, -0.1) is 0 Å². The summed E-state index contributed by atoms with van der Waals surface area (Å²) in [7, 11) is 0. The number of carbonyl (C=O) groups is 1. The van der Waals surface area contributed by atoms with Gasteiger partial charge in [-0.25, -0.2) is 0 Å². The summed E-state index contributed by atoms with van der Waals surface area (Å²) >= 11 is 0. The van der Waals surface area contributed by atoms with Gasteiger partial charge >= 0.3 is 0 Å². The first kappa shape index (κ1) is 12.2. The Kier molecular flexibility index (Phi) is 6.21. The Bertz CT molecular complexity index is 191. The van der Waals surface area contributed by atoms with Gasteiger partial charge in [0, 0.05) is 5.41 Å². The summed E-state index contributed by atoms with van der Waals surface area (Å²) in [5.74, 6) is 0. The molecule has 0 saturated carbocycles. The van der Waals surface area contributed by atoms with E-state index < -0.39 is 0 Å². The van der Waals surface area contributed by atoms with Crippen molar-refractivity contribution >= 4 is 6.29 Å². The SMILES string of the molecule is CC=CCC(C=O)(C=CCC)CC. The Morgan fingerprint density at radius 3 is 2.31 bits per heavy atom. The van der Waals surface area contributed by atoms with Gasteiger partial charge in [0.15, 0.2) is 0 Å². The molecule has 0 spiro atoms. The molecule has 0 aliphatic carbocycles. The average Bonchev–Trinajstić information content (AvgIpc) is 2.20. The van der Waals surface area contributed by atoms with E-state index in [4.69, 9.17) is 0 Å². The molecule has 0 aliphatic heterocycles. The third-order valence-electron chi connectivity index (χ3n) is 2.31. The van der Waals surface area contributed by atoms with Crippen molar-refractivity contribution in [2.75, 3.05) is 0 Å². The molecule has 0 amide bonds. The van der Waals surface area contributed by atoms with E-state index in [0.717, 1.165) is 25.5 Å². The van der Waals surface area contributed by atoms with Crippen LogP contribution in [0.1, 0.15) is 40.0 Å². The maximum Gasteiger partial charge on any atom is 0.130 e. The minimum atomic E-state index is -0.261. The van der Waals surface area contributed by atoms with Crippen LogP contribution in [-0.4, -0.2) is 6.29 Å². The van der Waals surface area contributed by atoms with Crippen molar-refractivity contribution in [2.45, 2.75) is 40.0 Å². The Labute approximate surface area is 81.5 Å². The van der Waals surface area contributed by atoms with E-state index >= 15 is 0 Å². The quantitative estimate of drug-likeness (QED) is 0.451. The fourth-order valence-corrected chi connectivity index (χ4v) is 1.19. The zero-order valence-electron chi connectivity index (χ0n) is 8.92. The topological polar surface area (TPSA) is 17.1 Å². The number of carbonyl (C=O) groups excluding carboxylic acids is 1. The van der Waals surface area contributed by atoms with Gasteiger partial charge in [-0.3, -0.25) is 0 Å². The maximum atomic E-state index is 11.0. The predicted octanol–water partition coefficient (Wildman–Crippen LogP) is 3.51. The summed E-state index contributed by atoms with van der Waals surface area (Å²) < 4.78 is 0. The normalized spacial score (nSPS) is 16.5. The van der Waals surface area contributed by atoms with Crippen molar-refractivity contribution in [1.29, 1.82) is 0 Å². The Morgan fingerprint density at radius 1 is 1.23 bits per heavy atom. The third-order valence-corrected chi connectivity index (χ3v) is 2.31. The Balaban J connectivity index is 4.48. The molecule has 0 aromatic carbocycles. The molecule has 1 nitrogen and oxygen atoms in total. The first-order valence-corrected chi connectivity index (χ1v) is 4.99. The summed E-state index contributed by atoms with van der Waals surface area (Å²) in [6, 6.07) is 0. The smallest absolute Gasteiger partial charge is 0.130 e. The van der Waals surface area contributed by atoms with E-state index in [1.54, 1.807) is 0 Å². The molecule has 0 fully saturated rings. The predicted molar refractivity (Wildman–Crippen MR) is 57.7 cm³/mol. The van der Waals surface area contributed by atoms with Crippen LogP contribution in [0.25, 0.3) is 0 Å². The molecule has 0 radical (unpaired) electrons. The highest BCUT2D eigenvalue weighted by molar-refractivity contribution is 5.63. The maximum absolute atomic E-state index is 11.0. The third kappa shape index (κ3) is 4.07. The van der Waals surface area contributed by atoms with Gasteiger partial charge < -0.3 is 4.79 Å². The number of aldehydes is 1. The van der Waals surface area contributed by atoms with Crippen LogP contribution in [0.15, 0.2) is 24.3 Å². The standard InChI is InChI=1S/C12H20O/c1-4-7-9-12(6-3,11-13)10-8-5-2/h4,7-8,10-11H,5-6,9H2,1-3H3. The molecule has 1 heteroatoms. The second-order valence-corrected chi connectivity index (χ2v) is 3.29. The largest absolute Gasteiger partial charge is 0.302 e. The molecule has 1 unspecified atom stereocenters. The van der Waals surface area contributed by atoms with Crippen LogP contribution in [0.4, 0.5) is 0 Å². The minimum Gasteiger partial charge on any atom is -0.302 e. The van der Waals surface area contributed by atoms with Crippen LogP contribution < -0.4 is 0 Å². The van der Waals surface area contributed by atoms with E-state index in [-0.39, 0.29) is 5.41 Å². The van der Waals surface area contributed by atoms with Gasteiger partial charge in [-0.05, 0) is 26.2 Å². The van der Waals surface area contributed by atoms with E-state index in [0.29, 0.717) is 0 Å². The first-order valence-electron chi connectivity index (χ1n) is 4.99. The van der Waals surface area contributed by atoms with Crippen molar-refractivity contribution in [3.63, 3.8) is 0 Å². The van der Waals surface area contributed by atoms with Crippen LogP contribution >= 0.6 is 0 Å². The monoisotopic (exact) mass is 180 g/mol. The van der Waals surface area contributed by atoms with Gasteiger partial charge in [0.05, 0.1) is 0 Å². The molecule has 0 rings (SSSR count). The van der Waals surface area contributed by atoms with Crippen molar-refractivity contribution in [3.05, 3.63) is 24.3 Å². The number of rotatable bonds is 6. The number of hydrogen-bond donors (Lipinski definition) is 0. The van der Waals surface area contributed by atoms with Crippen molar-refractivity contribution in [3.8, 4) is 0 Å². The summed E-state index contributed by atoms with van der Waals surface area (Å²) in [5, 5.41) is 0. The lowest BCUT2D eigenvalue weighted by Gasteiger charge is -2.20. The molecule has 0 heterocycles. The highest BCUT2D eigenvalue weighted by atomic mass is 16.1. The van der Waals surface area contributed by atoms with Crippen LogP contribution in [0, 0.1) is 5.41 Å². The lowest BCUT2D eigenvalue weighted by atomic mass is 9.82. The molecule has 0 aromatic rings. The fraction of sp³-hybridized carbons (Fsp3) is 0.583. The molecular weight excluding hydrogens is 160 g/mol. The Morgan fingerprint density at radius 2 is 1.92 bits per heavy atom. The van der Waals surface area contributed by atoms with Crippen LogP contribution in [-0.2, 0) is 4.79 Å². The molecule has 0 bridgehead atoms. The van der Waals surface area contributed by atoms with Gasteiger partial charge in [-0.2, -0.15) is 0 Å². The molecule has 0 aliphatic rings. The van der Waals surface area contributed by atoms with Crippen molar-refractivity contribution in [2.24, 2.45) is 5.41 Å². The second kappa shape index (κ2) is 6.64. The lowest BCUT2D eigenvalue weighted by molar-refractivity contribution is -0.114. The average molecular weight is 180 g/mol. The van der Waals surface area contributed by atoms with Crippen molar-refractivity contribution in [1.82, 2.24) is 0 Å². The van der Waals surface area contributed by atoms with E-state index in [1.165, 1.54) is 0 Å². The zero-order chi connectivity index (χ0) is 10.2. The van der Waals surface area contributed by atoms with Crippen LogP contribution in [0.3, 0.4) is 0 Å². The highest BCUT2D eigenvalue weighted by Gasteiger charge is 2.21. The molecule has 1 atom stereocenters. The summed E-state index contributed by atoms with van der Waals surface area (Å²) in [5.41, 5.74) is -0.261. The second-order valence-electron chi connectivity index (χ2n) is 3.29. The summed E-state index contributed by atoms with van der Waals surface area (Å²) in [4.78, 5) is 11.0. The van der Waals surface area contributed by atoms with Crippen LogP contribution in [0.5, 0.6) is 0 Å². The molecule has 0 aromatic heterocycles. The number of allylic oxidation sites excluding steroid dienone is 4. The number of hydrogen-bond acceptors (Lipinski definition) is 1. The minimum absolute atomic E-state index is 0.261. The van der Waals surface area contributed by atoms with Crippen molar-refractivity contribution < 1.29 is 4.79 Å². The van der Waals surface area contributed by atoms with E-state index in [2.05, 4.69) is 26.0 Å². The molecule has 74 valence electrons. The van der Waals surface area contributed by atoms with E-state index in [9.17, 15) is 4.79 Å². The first-order chi connectivity index (χ1) is 6.24. The molecule has 0 saturated heterocycles. The van der Waals surface area contributed by atoms with Gasteiger partial charge in [0.2, 0.25) is 0 Å². The molecule has 13 heavy (non-hydrogen) atoms. The van der Waals surface area contributed by atoms with Gasteiger partial charge in [-0.1, -0.05) is 38.2 Å². The molecular formula is C12H20O. The van der Waals surface area contributed by atoms with Gasteiger partial charge in [0.1, 0.15) is 6.29 Å². The fourth-order valence-electron chi connectivity index (χ4n) is 1.19. The summed E-state index contributed by atoms with van der Waals surface area (Å²) in [6.07, 6.45) is 11.9. The molecule has 0 N–H and O–H groups in total. The highest BCUT2D eigenvalue weighted by Crippen LogP contribution is 2.26. The summed E-state index contributed by atoms with van der Waals surface area (Å²) in [6.45, 7) is 6.12. The van der Waals surface area contributed by atoms with Gasteiger partial charge in [0.25, 0.3) is 0 Å².